The molecule has 0 saturated carbocycles. The van der Waals surface area contributed by atoms with Crippen molar-refractivity contribution in [3.63, 3.8) is 0 Å². The summed E-state index contributed by atoms with van der Waals surface area (Å²) >= 11 is 5.89. The maximum absolute atomic E-state index is 11.4. The monoisotopic (exact) mass is 262 g/mol. The van der Waals surface area contributed by atoms with E-state index in [1.54, 1.807) is 18.2 Å². The Balaban J connectivity index is 2.32. The van der Waals surface area contributed by atoms with Crippen LogP contribution < -0.4 is 5.69 Å². The highest BCUT2D eigenvalue weighted by Gasteiger charge is 2.26. The molecule has 0 spiro atoms. The molecule has 1 heterocycles. The van der Waals surface area contributed by atoms with E-state index in [1.165, 1.54) is 0 Å². The number of aromatic amines is 1. The first-order valence-electron chi connectivity index (χ1n) is 5.21. The second-order valence-electron chi connectivity index (χ2n) is 4.03. The minimum absolute atomic E-state index is 0.0997. The standard InChI is InChI=1S/C12H7ClN2O3/c13-6-1-2-7-5(3-6)4-8-9(7)14-12(18)15-10(8)11(16)17/h1-3H,4H2,(H,16,17)(H,14,15,18). The zero-order valence-corrected chi connectivity index (χ0v) is 9.78. The highest BCUT2D eigenvalue weighted by atomic mass is 35.5. The van der Waals surface area contributed by atoms with Gasteiger partial charge in [-0.2, -0.15) is 4.98 Å². The molecule has 2 N–H and O–H groups in total. The largest absolute Gasteiger partial charge is 0.477 e. The number of benzene rings is 1. The van der Waals surface area contributed by atoms with Gasteiger partial charge < -0.3 is 5.11 Å². The molecule has 2 aromatic rings. The van der Waals surface area contributed by atoms with Crippen molar-refractivity contribution in [2.45, 2.75) is 6.42 Å². The normalized spacial score (nSPS) is 12.1. The van der Waals surface area contributed by atoms with Crippen molar-refractivity contribution >= 4 is 17.6 Å². The van der Waals surface area contributed by atoms with Gasteiger partial charge in [-0.1, -0.05) is 17.7 Å². The van der Waals surface area contributed by atoms with E-state index in [0.717, 1.165) is 11.1 Å². The quantitative estimate of drug-likeness (QED) is 0.699. The number of nitrogens with zero attached hydrogens (tertiary/aromatic N) is 1. The second-order valence-corrected chi connectivity index (χ2v) is 4.46. The highest BCUT2D eigenvalue weighted by molar-refractivity contribution is 6.30. The van der Waals surface area contributed by atoms with Crippen molar-refractivity contribution in [2.75, 3.05) is 0 Å². The van der Waals surface area contributed by atoms with Crippen molar-refractivity contribution in [2.24, 2.45) is 0 Å². The third-order valence-electron chi connectivity index (χ3n) is 2.94. The molecule has 0 atom stereocenters. The number of nitrogens with one attached hydrogen (secondary N) is 1. The van der Waals surface area contributed by atoms with E-state index in [0.29, 0.717) is 22.7 Å². The maximum Gasteiger partial charge on any atom is 0.352 e. The summed E-state index contributed by atoms with van der Waals surface area (Å²) in [6.07, 6.45) is 0.413. The fraction of sp³-hybridized carbons (Fsp3) is 0.0833. The molecule has 1 aromatic heterocycles. The van der Waals surface area contributed by atoms with Crippen LogP contribution in [0.4, 0.5) is 0 Å². The maximum atomic E-state index is 11.4. The molecular weight excluding hydrogens is 256 g/mol. The van der Waals surface area contributed by atoms with Gasteiger partial charge in [-0.3, -0.25) is 4.98 Å². The van der Waals surface area contributed by atoms with Crippen LogP contribution >= 0.6 is 11.6 Å². The number of halogens is 1. The van der Waals surface area contributed by atoms with Crippen LogP contribution in [0.5, 0.6) is 0 Å². The summed E-state index contributed by atoms with van der Waals surface area (Å²) < 4.78 is 0. The lowest BCUT2D eigenvalue weighted by Crippen LogP contribution is -2.18. The Kier molecular flexibility index (Phi) is 2.24. The van der Waals surface area contributed by atoms with E-state index in [-0.39, 0.29) is 5.69 Å². The number of hydrogen-bond donors (Lipinski definition) is 2. The predicted octanol–water partition coefficient (Wildman–Crippen LogP) is 1.69. The summed E-state index contributed by atoms with van der Waals surface area (Å²) in [6, 6.07) is 5.20. The lowest BCUT2D eigenvalue weighted by Gasteiger charge is -2.02. The van der Waals surface area contributed by atoms with E-state index < -0.39 is 11.7 Å². The first-order chi connectivity index (χ1) is 8.56. The molecule has 3 rings (SSSR count). The van der Waals surface area contributed by atoms with Crippen molar-refractivity contribution in [3.8, 4) is 11.3 Å². The number of fused-ring (bicyclic) bond motifs is 3. The Labute approximate surface area is 106 Å². The van der Waals surface area contributed by atoms with E-state index in [2.05, 4.69) is 9.97 Å². The topological polar surface area (TPSA) is 83.0 Å². The first kappa shape index (κ1) is 11.0. The van der Waals surface area contributed by atoms with Gasteiger partial charge in [-0.15, -0.1) is 0 Å². The summed E-state index contributed by atoms with van der Waals surface area (Å²) in [7, 11) is 0. The van der Waals surface area contributed by atoms with Crippen LogP contribution in [0.15, 0.2) is 23.0 Å². The van der Waals surface area contributed by atoms with E-state index >= 15 is 0 Å². The average molecular weight is 263 g/mol. The van der Waals surface area contributed by atoms with Gasteiger partial charge in [0.2, 0.25) is 0 Å². The minimum atomic E-state index is -1.16. The van der Waals surface area contributed by atoms with Crippen LogP contribution in [0, 0.1) is 0 Å². The fourth-order valence-electron chi connectivity index (χ4n) is 2.21. The Morgan fingerprint density at radius 1 is 1.44 bits per heavy atom. The minimum Gasteiger partial charge on any atom is -0.477 e. The zero-order valence-electron chi connectivity index (χ0n) is 9.03. The number of aromatic nitrogens is 2. The number of hydrogen-bond acceptors (Lipinski definition) is 3. The molecule has 0 bridgehead atoms. The molecule has 0 saturated heterocycles. The van der Waals surface area contributed by atoms with Crippen molar-refractivity contribution < 1.29 is 9.90 Å². The van der Waals surface area contributed by atoms with Gasteiger partial charge in [-0.25, -0.2) is 9.59 Å². The summed E-state index contributed by atoms with van der Waals surface area (Å²) in [5.41, 5.74) is 1.85. The Morgan fingerprint density at radius 3 is 2.94 bits per heavy atom. The van der Waals surface area contributed by atoms with Gasteiger partial charge in [0.25, 0.3) is 0 Å². The van der Waals surface area contributed by atoms with E-state index in [4.69, 9.17) is 16.7 Å². The van der Waals surface area contributed by atoms with Crippen LogP contribution in [0.2, 0.25) is 5.02 Å². The fourth-order valence-corrected chi connectivity index (χ4v) is 2.40. The Hall–Kier alpha value is -2.14. The zero-order chi connectivity index (χ0) is 12.9. The van der Waals surface area contributed by atoms with Gasteiger partial charge in [0.05, 0.1) is 5.69 Å². The van der Waals surface area contributed by atoms with Crippen LogP contribution in [-0.2, 0) is 6.42 Å². The summed E-state index contributed by atoms with van der Waals surface area (Å²) in [4.78, 5) is 28.6. The van der Waals surface area contributed by atoms with Crippen LogP contribution in [0.3, 0.4) is 0 Å². The van der Waals surface area contributed by atoms with Crippen LogP contribution in [0.25, 0.3) is 11.3 Å². The van der Waals surface area contributed by atoms with Gasteiger partial charge in [-0.05, 0) is 17.7 Å². The highest BCUT2D eigenvalue weighted by Crippen LogP contribution is 2.36. The predicted molar refractivity (Wildman–Crippen MR) is 65.1 cm³/mol. The Bertz CT molecular complexity index is 737. The second kappa shape index (κ2) is 3.68. The van der Waals surface area contributed by atoms with E-state index in [9.17, 15) is 9.59 Å². The van der Waals surface area contributed by atoms with Crippen molar-refractivity contribution in [3.05, 3.63) is 50.5 Å². The molecule has 0 radical (unpaired) electrons. The molecule has 18 heavy (non-hydrogen) atoms. The van der Waals surface area contributed by atoms with E-state index in [1.807, 2.05) is 0 Å². The third-order valence-corrected chi connectivity index (χ3v) is 3.17. The third kappa shape index (κ3) is 1.52. The van der Waals surface area contributed by atoms with Gasteiger partial charge >= 0.3 is 11.7 Å². The van der Waals surface area contributed by atoms with Gasteiger partial charge in [0, 0.05) is 22.6 Å². The van der Waals surface area contributed by atoms with Gasteiger partial charge in [0.15, 0.2) is 0 Å². The molecule has 6 heteroatoms. The molecule has 90 valence electrons. The molecule has 0 unspecified atom stereocenters. The molecule has 1 aliphatic rings. The molecule has 0 aliphatic heterocycles. The first-order valence-corrected chi connectivity index (χ1v) is 5.59. The van der Waals surface area contributed by atoms with Crippen LogP contribution in [-0.4, -0.2) is 21.0 Å². The van der Waals surface area contributed by atoms with Crippen molar-refractivity contribution in [1.29, 1.82) is 0 Å². The van der Waals surface area contributed by atoms with Crippen molar-refractivity contribution in [1.82, 2.24) is 9.97 Å². The molecule has 1 aliphatic carbocycles. The van der Waals surface area contributed by atoms with Crippen LogP contribution in [0.1, 0.15) is 21.6 Å². The number of H-pyrrole nitrogens is 1. The number of aromatic carboxylic acids is 1. The molecule has 1 aromatic carbocycles. The average Bonchev–Trinajstić information content (AvgIpc) is 2.65. The smallest absolute Gasteiger partial charge is 0.352 e. The molecule has 5 nitrogen and oxygen atoms in total. The summed E-state index contributed by atoms with van der Waals surface area (Å²) in [5.74, 6) is -1.16. The number of rotatable bonds is 1. The number of carboxylic acid groups (broad SMARTS) is 1. The lowest BCUT2D eigenvalue weighted by molar-refractivity contribution is 0.0689. The SMILES string of the molecule is O=C(O)c1[nH]c(=O)nc2c1Cc1cc(Cl)ccc1-2. The summed E-state index contributed by atoms with van der Waals surface area (Å²) in [5, 5.41) is 9.66. The molecule has 0 fully saturated rings. The molecular formula is C12H7ClN2O3. The Morgan fingerprint density at radius 2 is 2.22 bits per heavy atom. The van der Waals surface area contributed by atoms with Gasteiger partial charge in [0.1, 0.15) is 5.69 Å². The summed E-state index contributed by atoms with van der Waals surface area (Å²) in [6.45, 7) is 0. The molecule has 0 amide bonds. The number of carbonyl (C=O) groups is 1. The lowest BCUT2D eigenvalue weighted by atomic mass is 10.1. The number of carboxylic acids is 1.